The zero-order valence-corrected chi connectivity index (χ0v) is 10.8. The first-order chi connectivity index (χ1) is 10.3. The van der Waals surface area contributed by atoms with Crippen LogP contribution in [0.2, 0.25) is 0 Å². The lowest BCUT2D eigenvalue weighted by Gasteiger charge is -2.10. The summed E-state index contributed by atoms with van der Waals surface area (Å²) in [6.07, 6.45) is -15.2. The van der Waals surface area contributed by atoms with E-state index in [-0.39, 0.29) is 11.6 Å². The Balaban J connectivity index is 2.51. The normalized spacial score (nSPS) is 13.4. The number of hydrogen-bond donors (Lipinski definition) is 1. The fraction of sp³-hybridized carbons (Fsp3) is 0.231. The zero-order chi connectivity index (χ0) is 17.6. The van der Waals surface area contributed by atoms with Gasteiger partial charge in [0, 0.05) is 5.69 Å². The van der Waals surface area contributed by atoms with Crippen molar-refractivity contribution >= 4 is 0 Å². The standard InChI is InChI=1S/C13H6F9N/c14-11(15,16)7-3-1-6(2-4-7)9-5-8(12(17,18)19)10(23-9)13(20,21)22/h1-5,23H. The molecule has 0 aliphatic rings. The molecule has 23 heavy (non-hydrogen) atoms. The molecule has 1 aromatic heterocycles. The van der Waals surface area contributed by atoms with Crippen LogP contribution in [0.15, 0.2) is 30.3 Å². The predicted molar refractivity (Wildman–Crippen MR) is 61.2 cm³/mol. The number of aromatic nitrogens is 1. The number of aromatic amines is 1. The monoisotopic (exact) mass is 347 g/mol. The van der Waals surface area contributed by atoms with Gasteiger partial charge in [-0.15, -0.1) is 0 Å². The molecular formula is C13H6F9N. The molecule has 1 aromatic carbocycles. The van der Waals surface area contributed by atoms with E-state index >= 15 is 0 Å². The Hall–Kier alpha value is -2.13. The maximum atomic E-state index is 12.7. The summed E-state index contributed by atoms with van der Waals surface area (Å²) >= 11 is 0. The Morgan fingerprint density at radius 2 is 1.17 bits per heavy atom. The molecule has 0 atom stereocenters. The number of H-pyrrole nitrogens is 1. The molecule has 126 valence electrons. The fourth-order valence-electron chi connectivity index (χ4n) is 1.90. The van der Waals surface area contributed by atoms with Gasteiger partial charge in [-0.25, -0.2) is 0 Å². The van der Waals surface area contributed by atoms with Gasteiger partial charge < -0.3 is 4.98 Å². The van der Waals surface area contributed by atoms with Crippen LogP contribution in [0.3, 0.4) is 0 Å². The highest BCUT2D eigenvalue weighted by atomic mass is 19.4. The van der Waals surface area contributed by atoms with Crippen LogP contribution in [0.1, 0.15) is 16.8 Å². The summed E-state index contributed by atoms with van der Waals surface area (Å²) in [5.41, 5.74) is -5.82. The zero-order valence-electron chi connectivity index (χ0n) is 10.8. The van der Waals surface area contributed by atoms with Gasteiger partial charge in [-0.3, -0.25) is 0 Å². The molecule has 2 rings (SSSR count). The molecule has 0 aliphatic heterocycles. The molecule has 2 aromatic rings. The molecule has 1 N–H and O–H groups in total. The molecule has 0 spiro atoms. The lowest BCUT2D eigenvalue weighted by atomic mass is 10.1. The van der Waals surface area contributed by atoms with Crippen LogP contribution >= 0.6 is 0 Å². The highest BCUT2D eigenvalue weighted by Crippen LogP contribution is 2.42. The van der Waals surface area contributed by atoms with Crippen LogP contribution in [0, 0.1) is 0 Å². The molecule has 0 saturated heterocycles. The molecule has 0 amide bonds. The maximum absolute atomic E-state index is 12.7. The third-order valence-corrected chi connectivity index (χ3v) is 2.93. The van der Waals surface area contributed by atoms with Gasteiger partial charge in [0.05, 0.1) is 11.1 Å². The third-order valence-electron chi connectivity index (χ3n) is 2.93. The summed E-state index contributed by atoms with van der Waals surface area (Å²) in [6, 6.07) is 2.92. The van der Waals surface area contributed by atoms with Crippen molar-refractivity contribution in [2.45, 2.75) is 18.5 Å². The van der Waals surface area contributed by atoms with E-state index in [4.69, 9.17) is 0 Å². The summed E-state index contributed by atoms with van der Waals surface area (Å²) < 4.78 is 113. The van der Waals surface area contributed by atoms with E-state index in [0.29, 0.717) is 12.1 Å². The first-order valence-electron chi connectivity index (χ1n) is 5.85. The lowest BCUT2D eigenvalue weighted by Crippen LogP contribution is -2.15. The Morgan fingerprint density at radius 1 is 0.652 bits per heavy atom. The van der Waals surface area contributed by atoms with Gasteiger partial charge in [-0.05, 0) is 23.8 Å². The lowest BCUT2D eigenvalue weighted by molar-refractivity contribution is -0.163. The van der Waals surface area contributed by atoms with E-state index in [1.54, 1.807) is 4.98 Å². The highest BCUT2D eigenvalue weighted by Gasteiger charge is 2.45. The second-order valence-corrected chi connectivity index (χ2v) is 4.54. The van der Waals surface area contributed by atoms with Gasteiger partial charge >= 0.3 is 18.5 Å². The Morgan fingerprint density at radius 3 is 1.52 bits per heavy atom. The molecule has 1 heterocycles. The molecule has 1 nitrogen and oxygen atoms in total. The molecule has 0 bridgehead atoms. The van der Waals surface area contributed by atoms with Gasteiger partial charge in [-0.2, -0.15) is 39.5 Å². The van der Waals surface area contributed by atoms with Gasteiger partial charge in [0.25, 0.3) is 0 Å². The average molecular weight is 347 g/mol. The van der Waals surface area contributed by atoms with Crippen molar-refractivity contribution in [1.82, 2.24) is 4.98 Å². The Labute approximate surface area is 122 Å². The summed E-state index contributed by atoms with van der Waals surface area (Å²) in [5.74, 6) is 0. The predicted octanol–water partition coefficient (Wildman–Crippen LogP) is 5.74. The Kier molecular flexibility index (Phi) is 3.90. The van der Waals surface area contributed by atoms with Crippen LogP contribution in [-0.2, 0) is 18.5 Å². The number of hydrogen-bond acceptors (Lipinski definition) is 0. The van der Waals surface area contributed by atoms with Crippen LogP contribution in [-0.4, -0.2) is 4.98 Å². The minimum absolute atomic E-state index is 0.214. The quantitative estimate of drug-likeness (QED) is 0.634. The van der Waals surface area contributed by atoms with Gasteiger partial charge in [0.1, 0.15) is 5.69 Å². The molecule has 0 unspecified atom stereocenters. The number of nitrogens with one attached hydrogen (secondary N) is 1. The van der Waals surface area contributed by atoms with Crippen molar-refractivity contribution in [1.29, 1.82) is 0 Å². The smallest absolute Gasteiger partial charge is 0.351 e. The number of alkyl halides is 9. The van der Waals surface area contributed by atoms with Crippen LogP contribution in [0.25, 0.3) is 11.3 Å². The highest BCUT2D eigenvalue weighted by molar-refractivity contribution is 5.62. The number of benzene rings is 1. The first-order valence-corrected chi connectivity index (χ1v) is 5.85. The average Bonchev–Trinajstić information content (AvgIpc) is 2.82. The molecule has 0 aliphatic carbocycles. The third kappa shape index (κ3) is 3.62. The van der Waals surface area contributed by atoms with Crippen LogP contribution in [0.5, 0.6) is 0 Å². The molecule has 10 heteroatoms. The molecule has 0 fully saturated rings. The van der Waals surface area contributed by atoms with E-state index < -0.39 is 41.0 Å². The van der Waals surface area contributed by atoms with Crippen molar-refractivity contribution in [3.63, 3.8) is 0 Å². The van der Waals surface area contributed by atoms with Gasteiger partial charge in [0.2, 0.25) is 0 Å². The minimum atomic E-state index is -5.28. The van der Waals surface area contributed by atoms with E-state index in [1.165, 1.54) is 0 Å². The SMILES string of the molecule is FC(F)(F)c1ccc(-c2cc(C(F)(F)F)c(C(F)(F)F)[nH]2)cc1. The van der Waals surface area contributed by atoms with Crippen molar-refractivity contribution in [3.8, 4) is 11.3 Å². The largest absolute Gasteiger partial charge is 0.431 e. The topological polar surface area (TPSA) is 15.8 Å². The summed E-state index contributed by atoms with van der Waals surface area (Å²) in [5, 5.41) is 0. The van der Waals surface area contributed by atoms with E-state index in [1.807, 2.05) is 0 Å². The van der Waals surface area contributed by atoms with Gasteiger partial charge in [-0.1, -0.05) is 12.1 Å². The van der Waals surface area contributed by atoms with E-state index in [9.17, 15) is 39.5 Å². The minimum Gasteiger partial charge on any atom is -0.351 e. The summed E-state index contributed by atoms with van der Waals surface area (Å²) in [6.45, 7) is 0. The second-order valence-electron chi connectivity index (χ2n) is 4.54. The first kappa shape index (κ1) is 17.2. The molecule has 0 saturated carbocycles. The van der Waals surface area contributed by atoms with Crippen LogP contribution < -0.4 is 0 Å². The van der Waals surface area contributed by atoms with Crippen LogP contribution in [0.4, 0.5) is 39.5 Å². The summed E-state index contributed by atoms with van der Waals surface area (Å²) in [7, 11) is 0. The second kappa shape index (κ2) is 5.20. The number of rotatable bonds is 1. The molecule has 0 radical (unpaired) electrons. The van der Waals surface area contributed by atoms with E-state index in [2.05, 4.69) is 0 Å². The number of halogens is 9. The van der Waals surface area contributed by atoms with Crippen molar-refractivity contribution in [2.24, 2.45) is 0 Å². The Bertz CT molecular complexity index is 655. The molecular weight excluding hydrogens is 341 g/mol. The van der Waals surface area contributed by atoms with E-state index in [0.717, 1.165) is 12.1 Å². The van der Waals surface area contributed by atoms with Crippen molar-refractivity contribution in [2.75, 3.05) is 0 Å². The van der Waals surface area contributed by atoms with Crippen molar-refractivity contribution in [3.05, 3.63) is 47.2 Å². The van der Waals surface area contributed by atoms with Crippen molar-refractivity contribution < 1.29 is 39.5 Å². The fourth-order valence-corrected chi connectivity index (χ4v) is 1.90. The summed E-state index contributed by atoms with van der Waals surface area (Å²) in [4.78, 5) is 1.58. The van der Waals surface area contributed by atoms with Gasteiger partial charge in [0.15, 0.2) is 0 Å². The maximum Gasteiger partial charge on any atom is 0.431 e.